The summed E-state index contributed by atoms with van der Waals surface area (Å²) in [5.74, 6) is 0.618. The number of benzene rings is 2. The van der Waals surface area contributed by atoms with Gasteiger partial charge in [0.1, 0.15) is 5.82 Å². The van der Waals surface area contributed by atoms with Crippen LogP contribution in [0.15, 0.2) is 53.3 Å². The predicted octanol–water partition coefficient (Wildman–Crippen LogP) is 3.57. The molecule has 24 heavy (non-hydrogen) atoms. The second-order valence-corrected chi connectivity index (χ2v) is 5.91. The lowest BCUT2D eigenvalue weighted by Crippen LogP contribution is -2.25. The Morgan fingerprint density at radius 3 is 2.67 bits per heavy atom. The predicted molar refractivity (Wildman–Crippen MR) is 100 cm³/mol. The van der Waals surface area contributed by atoms with Gasteiger partial charge in [0.2, 0.25) is 0 Å². The van der Waals surface area contributed by atoms with Crippen molar-refractivity contribution < 1.29 is 0 Å². The Labute approximate surface area is 145 Å². The van der Waals surface area contributed by atoms with Gasteiger partial charge in [-0.05, 0) is 42.8 Å². The number of nitrogens with two attached hydrogens (primary N) is 1. The highest BCUT2D eigenvalue weighted by Gasteiger charge is 2.09. The molecule has 0 atom stereocenters. The highest BCUT2D eigenvalue weighted by atomic mass is 35.5. The van der Waals surface area contributed by atoms with E-state index in [1.165, 1.54) is 0 Å². The van der Waals surface area contributed by atoms with E-state index in [1.54, 1.807) is 22.8 Å². The Kier molecular flexibility index (Phi) is 5.08. The maximum atomic E-state index is 12.8. The minimum absolute atomic E-state index is 0.0938. The van der Waals surface area contributed by atoms with Crippen molar-refractivity contribution in [2.45, 2.75) is 13.0 Å². The molecule has 0 spiro atoms. The molecule has 4 nitrogen and oxygen atoms in total. The lowest BCUT2D eigenvalue weighted by molar-refractivity contribution is 0.619. The first-order valence-corrected chi connectivity index (χ1v) is 8.20. The molecule has 2 aromatic carbocycles. The first kappa shape index (κ1) is 16.4. The van der Waals surface area contributed by atoms with Gasteiger partial charge in [0.15, 0.2) is 0 Å². The first-order chi connectivity index (χ1) is 11.7. The van der Waals surface area contributed by atoms with E-state index < -0.39 is 0 Å². The van der Waals surface area contributed by atoms with E-state index in [4.69, 9.17) is 17.3 Å². The fourth-order valence-electron chi connectivity index (χ4n) is 2.54. The fourth-order valence-corrected chi connectivity index (χ4v) is 2.71. The van der Waals surface area contributed by atoms with E-state index >= 15 is 0 Å². The van der Waals surface area contributed by atoms with Crippen molar-refractivity contribution in [2.75, 3.05) is 6.54 Å². The Bertz CT molecular complexity index is 932. The van der Waals surface area contributed by atoms with E-state index in [0.29, 0.717) is 41.3 Å². The highest BCUT2D eigenvalue weighted by Crippen LogP contribution is 2.16. The summed E-state index contributed by atoms with van der Waals surface area (Å²) in [6.45, 7) is 1.04. The van der Waals surface area contributed by atoms with Gasteiger partial charge in [-0.25, -0.2) is 4.98 Å². The summed E-state index contributed by atoms with van der Waals surface area (Å²) in [7, 11) is 0. The molecule has 0 aliphatic carbocycles. The lowest BCUT2D eigenvalue weighted by Gasteiger charge is -2.11. The Morgan fingerprint density at radius 1 is 1.12 bits per heavy atom. The van der Waals surface area contributed by atoms with Gasteiger partial charge >= 0.3 is 0 Å². The molecule has 5 heteroatoms. The van der Waals surface area contributed by atoms with E-state index in [0.717, 1.165) is 5.56 Å². The second-order valence-electron chi connectivity index (χ2n) is 5.47. The summed E-state index contributed by atoms with van der Waals surface area (Å²) in [6.07, 6.45) is 4.52. The molecule has 122 valence electrons. The minimum atomic E-state index is -0.0938. The van der Waals surface area contributed by atoms with Crippen LogP contribution in [-0.2, 0) is 6.54 Å². The SMILES string of the molecule is NCCCn1c(/C=C/c2ccccc2)nc2ccc(Cl)cc2c1=O. The van der Waals surface area contributed by atoms with Gasteiger partial charge in [-0.3, -0.25) is 9.36 Å². The smallest absolute Gasteiger partial charge is 0.261 e. The largest absolute Gasteiger partial charge is 0.330 e. The Morgan fingerprint density at radius 2 is 1.92 bits per heavy atom. The van der Waals surface area contributed by atoms with Crippen molar-refractivity contribution in [1.29, 1.82) is 0 Å². The molecule has 1 aromatic heterocycles. The quantitative estimate of drug-likeness (QED) is 0.773. The molecular formula is C19H18ClN3O. The number of nitrogens with zero attached hydrogens (tertiary/aromatic N) is 2. The highest BCUT2D eigenvalue weighted by molar-refractivity contribution is 6.31. The zero-order chi connectivity index (χ0) is 16.9. The number of halogens is 1. The molecule has 0 radical (unpaired) electrons. The van der Waals surface area contributed by atoms with Crippen molar-refractivity contribution in [3.63, 3.8) is 0 Å². The number of rotatable bonds is 5. The average Bonchev–Trinajstić information content (AvgIpc) is 2.61. The van der Waals surface area contributed by atoms with Gasteiger partial charge in [0, 0.05) is 11.6 Å². The van der Waals surface area contributed by atoms with Crippen LogP contribution in [0.3, 0.4) is 0 Å². The first-order valence-electron chi connectivity index (χ1n) is 7.82. The number of fused-ring (bicyclic) bond motifs is 1. The van der Waals surface area contributed by atoms with Crippen molar-refractivity contribution in [3.05, 3.63) is 75.3 Å². The monoisotopic (exact) mass is 339 g/mol. The normalized spacial score (nSPS) is 11.4. The fraction of sp³-hybridized carbons (Fsp3) is 0.158. The van der Waals surface area contributed by atoms with E-state index in [-0.39, 0.29) is 5.56 Å². The van der Waals surface area contributed by atoms with E-state index in [2.05, 4.69) is 4.98 Å². The molecule has 0 saturated heterocycles. The topological polar surface area (TPSA) is 60.9 Å². The van der Waals surface area contributed by atoms with Gasteiger partial charge in [-0.1, -0.05) is 48.0 Å². The zero-order valence-corrected chi connectivity index (χ0v) is 13.9. The molecule has 0 unspecified atom stereocenters. The van der Waals surface area contributed by atoms with Crippen molar-refractivity contribution in [2.24, 2.45) is 5.73 Å². The molecular weight excluding hydrogens is 322 g/mol. The summed E-state index contributed by atoms with van der Waals surface area (Å²) < 4.78 is 1.66. The maximum absolute atomic E-state index is 12.8. The third-order valence-electron chi connectivity index (χ3n) is 3.76. The molecule has 0 aliphatic heterocycles. The van der Waals surface area contributed by atoms with Crippen LogP contribution >= 0.6 is 11.6 Å². The van der Waals surface area contributed by atoms with Crippen LogP contribution in [0.25, 0.3) is 23.1 Å². The third kappa shape index (κ3) is 3.55. The lowest BCUT2D eigenvalue weighted by atomic mass is 10.2. The van der Waals surface area contributed by atoms with Crippen LogP contribution in [0.4, 0.5) is 0 Å². The second kappa shape index (κ2) is 7.43. The van der Waals surface area contributed by atoms with Crippen LogP contribution in [-0.4, -0.2) is 16.1 Å². The van der Waals surface area contributed by atoms with Crippen LogP contribution in [0, 0.1) is 0 Å². The zero-order valence-electron chi connectivity index (χ0n) is 13.2. The van der Waals surface area contributed by atoms with Gasteiger partial charge < -0.3 is 5.73 Å². The molecule has 1 heterocycles. The molecule has 2 N–H and O–H groups in total. The Balaban J connectivity index is 2.12. The summed E-state index contributed by atoms with van der Waals surface area (Å²) in [4.78, 5) is 17.4. The van der Waals surface area contributed by atoms with Crippen molar-refractivity contribution in [3.8, 4) is 0 Å². The number of hydrogen-bond acceptors (Lipinski definition) is 3. The standard InChI is InChI=1S/C19H18ClN3O/c20-15-8-9-17-16(13-15)19(24)23(12-4-11-21)18(22-17)10-7-14-5-2-1-3-6-14/h1-3,5-10,13H,4,11-12,21H2/b10-7+. The molecule has 0 bridgehead atoms. The van der Waals surface area contributed by atoms with Gasteiger partial charge in [-0.2, -0.15) is 0 Å². The summed E-state index contributed by atoms with van der Waals surface area (Å²) in [5, 5.41) is 1.05. The third-order valence-corrected chi connectivity index (χ3v) is 3.99. The summed E-state index contributed by atoms with van der Waals surface area (Å²) >= 11 is 6.02. The molecule has 0 saturated carbocycles. The molecule has 3 aromatic rings. The maximum Gasteiger partial charge on any atom is 0.261 e. The molecule has 0 fully saturated rings. The van der Waals surface area contributed by atoms with Crippen LogP contribution in [0.2, 0.25) is 5.02 Å². The van der Waals surface area contributed by atoms with Gasteiger partial charge in [0.05, 0.1) is 10.9 Å². The molecule has 3 rings (SSSR count). The number of aromatic nitrogens is 2. The Hall–Kier alpha value is -2.43. The van der Waals surface area contributed by atoms with Crippen LogP contribution in [0.1, 0.15) is 17.8 Å². The van der Waals surface area contributed by atoms with Crippen LogP contribution in [0.5, 0.6) is 0 Å². The van der Waals surface area contributed by atoms with E-state index in [9.17, 15) is 4.79 Å². The molecule has 0 aliphatic rings. The van der Waals surface area contributed by atoms with Crippen LogP contribution < -0.4 is 11.3 Å². The summed E-state index contributed by atoms with van der Waals surface area (Å²) in [5.41, 5.74) is 7.20. The molecule has 0 amide bonds. The average molecular weight is 340 g/mol. The van der Waals surface area contributed by atoms with E-state index in [1.807, 2.05) is 42.5 Å². The summed E-state index contributed by atoms with van der Waals surface area (Å²) in [6, 6.07) is 15.1. The van der Waals surface area contributed by atoms with Gasteiger partial charge in [-0.15, -0.1) is 0 Å². The number of hydrogen-bond donors (Lipinski definition) is 1. The minimum Gasteiger partial charge on any atom is -0.330 e. The van der Waals surface area contributed by atoms with Crippen molar-refractivity contribution in [1.82, 2.24) is 9.55 Å². The van der Waals surface area contributed by atoms with Gasteiger partial charge in [0.25, 0.3) is 5.56 Å². The van der Waals surface area contributed by atoms with Crippen molar-refractivity contribution >= 4 is 34.7 Å².